The standard InChI is InChI=1S/C10H9N3O3/c11-6-3-1-2-5(4-6)7-8(14)12-10(16)13-9(7)15/h1-4,7H,11H2,(H2,12,13,14,15,16). The van der Waals surface area contributed by atoms with E-state index in [0.717, 1.165) is 0 Å². The summed E-state index contributed by atoms with van der Waals surface area (Å²) in [7, 11) is 0. The zero-order chi connectivity index (χ0) is 11.7. The Hall–Kier alpha value is -2.37. The summed E-state index contributed by atoms with van der Waals surface area (Å²) in [5, 5.41) is 4.05. The predicted octanol–water partition coefficient (Wildman–Crippen LogP) is -0.282. The molecular formula is C10H9N3O3. The zero-order valence-electron chi connectivity index (χ0n) is 8.19. The normalized spacial score (nSPS) is 16.9. The van der Waals surface area contributed by atoms with Crippen LogP contribution in [0, 0.1) is 0 Å². The number of rotatable bonds is 1. The molecule has 1 saturated heterocycles. The molecule has 0 aliphatic carbocycles. The van der Waals surface area contributed by atoms with Gasteiger partial charge in [0.1, 0.15) is 5.92 Å². The molecule has 1 aliphatic rings. The molecule has 0 saturated carbocycles. The highest BCUT2D eigenvalue weighted by Gasteiger charge is 2.35. The van der Waals surface area contributed by atoms with Gasteiger partial charge >= 0.3 is 6.03 Å². The number of hydrogen-bond acceptors (Lipinski definition) is 4. The molecular weight excluding hydrogens is 210 g/mol. The Morgan fingerprint density at radius 1 is 1.06 bits per heavy atom. The van der Waals surface area contributed by atoms with Crippen LogP contribution in [0.4, 0.5) is 10.5 Å². The summed E-state index contributed by atoms with van der Waals surface area (Å²) in [5.41, 5.74) is 6.47. The third-order valence-electron chi connectivity index (χ3n) is 2.24. The molecule has 0 bridgehead atoms. The van der Waals surface area contributed by atoms with E-state index in [4.69, 9.17) is 5.73 Å². The van der Waals surface area contributed by atoms with Crippen LogP contribution in [0.25, 0.3) is 0 Å². The first-order valence-electron chi connectivity index (χ1n) is 4.59. The summed E-state index contributed by atoms with van der Waals surface area (Å²) < 4.78 is 0. The number of nitrogen functional groups attached to an aromatic ring is 1. The van der Waals surface area contributed by atoms with Crippen LogP contribution in [-0.2, 0) is 9.59 Å². The monoisotopic (exact) mass is 219 g/mol. The molecule has 6 nitrogen and oxygen atoms in total. The molecule has 4 amide bonds. The van der Waals surface area contributed by atoms with Crippen LogP contribution >= 0.6 is 0 Å². The third kappa shape index (κ3) is 1.72. The number of hydrogen-bond donors (Lipinski definition) is 3. The van der Waals surface area contributed by atoms with Crippen molar-refractivity contribution in [3.63, 3.8) is 0 Å². The van der Waals surface area contributed by atoms with Gasteiger partial charge in [-0.15, -0.1) is 0 Å². The quantitative estimate of drug-likeness (QED) is 0.446. The summed E-state index contributed by atoms with van der Waals surface area (Å²) in [6.07, 6.45) is 0. The molecule has 1 aromatic carbocycles. The lowest BCUT2D eigenvalue weighted by molar-refractivity contribution is -0.132. The first-order valence-corrected chi connectivity index (χ1v) is 4.59. The van der Waals surface area contributed by atoms with Crippen LogP contribution in [0.3, 0.4) is 0 Å². The van der Waals surface area contributed by atoms with Crippen molar-refractivity contribution < 1.29 is 14.4 Å². The van der Waals surface area contributed by atoms with E-state index in [1.54, 1.807) is 18.2 Å². The van der Waals surface area contributed by atoms with Crippen molar-refractivity contribution >= 4 is 23.5 Å². The van der Waals surface area contributed by atoms with E-state index >= 15 is 0 Å². The van der Waals surface area contributed by atoms with Crippen LogP contribution in [0.1, 0.15) is 11.5 Å². The Kier molecular flexibility index (Phi) is 2.32. The number of benzene rings is 1. The molecule has 0 atom stereocenters. The van der Waals surface area contributed by atoms with Gasteiger partial charge in [0, 0.05) is 5.69 Å². The van der Waals surface area contributed by atoms with Crippen molar-refractivity contribution in [3.05, 3.63) is 29.8 Å². The van der Waals surface area contributed by atoms with Gasteiger partial charge in [-0.05, 0) is 17.7 Å². The number of barbiturate groups is 1. The van der Waals surface area contributed by atoms with Crippen molar-refractivity contribution in [2.24, 2.45) is 0 Å². The van der Waals surface area contributed by atoms with E-state index in [1.165, 1.54) is 6.07 Å². The van der Waals surface area contributed by atoms with Crippen LogP contribution in [0.15, 0.2) is 24.3 Å². The highest BCUT2D eigenvalue weighted by atomic mass is 16.2. The molecule has 16 heavy (non-hydrogen) atoms. The number of carbonyl (C=O) groups is 3. The maximum absolute atomic E-state index is 11.5. The SMILES string of the molecule is Nc1cccc(C2C(=O)NC(=O)NC2=O)c1. The predicted molar refractivity (Wildman–Crippen MR) is 55.3 cm³/mol. The summed E-state index contributed by atoms with van der Waals surface area (Å²) in [4.78, 5) is 33.8. The topological polar surface area (TPSA) is 101 Å². The average Bonchev–Trinajstić information content (AvgIpc) is 2.15. The molecule has 4 N–H and O–H groups in total. The Bertz CT molecular complexity index is 464. The van der Waals surface area contributed by atoms with Gasteiger partial charge in [-0.1, -0.05) is 12.1 Å². The fourth-order valence-corrected chi connectivity index (χ4v) is 1.56. The summed E-state index contributed by atoms with van der Waals surface area (Å²) >= 11 is 0. The van der Waals surface area contributed by atoms with Gasteiger partial charge in [0.2, 0.25) is 11.8 Å². The summed E-state index contributed by atoms with van der Waals surface area (Å²) in [6, 6.07) is 5.63. The van der Waals surface area contributed by atoms with Crippen molar-refractivity contribution in [1.82, 2.24) is 10.6 Å². The second-order valence-electron chi connectivity index (χ2n) is 3.41. The number of anilines is 1. The summed E-state index contributed by atoms with van der Waals surface area (Å²) in [6.45, 7) is 0. The van der Waals surface area contributed by atoms with Gasteiger partial charge in [0.05, 0.1) is 0 Å². The van der Waals surface area contributed by atoms with Crippen LogP contribution in [0.5, 0.6) is 0 Å². The molecule has 0 radical (unpaired) electrons. The molecule has 1 fully saturated rings. The molecule has 2 rings (SSSR count). The van der Waals surface area contributed by atoms with E-state index in [-0.39, 0.29) is 0 Å². The van der Waals surface area contributed by atoms with Crippen molar-refractivity contribution in [3.8, 4) is 0 Å². The van der Waals surface area contributed by atoms with Gasteiger partial charge in [0.15, 0.2) is 0 Å². The van der Waals surface area contributed by atoms with Crippen LogP contribution in [0.2, 0.25) is 0 Å². The number of carbonyl (C=O) groups excluding carboxylic acids is 3. The van der Waals surface area contributed by atoms with E-state index < -0.39 is 23.8 Å². The molecule has 1 heterocycles. The second kappa shape index (κ2) is 3.65. The average molecular weight is 219 g/mol. The van der Waals surface area contributed by atoms with Gasteiger partial charge in [0.25, 0.3) is 0 Å². The number of imide groups is 2. The van der Waals surface area contributed by atoms with Crippen LogP contribution < -0.4 is 16.4 Å². The second-order valence-corrected chi connectivity index (χ2v) is 3.41. The lowest BCUT2D eigenvalue weighted by Crippen LogP contribution is -2.54. The van der Waals surface area contributed by atoms with Gasteiger partial charge in [-0.25, -0.2) is 4.79 Å². The zero-order valence-corrected chi connectivity index (χ0v) is 8.19. The Morgan fingerprint density at radius 3 is 2.25 bits per heavy atom. The Morgan fingerprint density at radius 2 is 1.69 bits per heavy atom. The first kappa shape index (κ1) is 10.2. The van der Waals surface area contributed by atoms with E-state index in [0.29, 0.717) is 11.3 Å². The lowest BCUT2D eigenvalue weighted by atomic mass is 9.96. The number of nitrogens with one attached hydrogen (secondary N) is 2. The van der Waals surface area contributed by atoms with E-state index in [1.807, 2.05) is 10.6 Å². The van der Waals surface area contributed by atoms with Crippen molar-refractivity contribution in [2.75, 3.05) is 5.73 Å². The maximum Gasteiger partial charge on any atom is 0.328 e. The van der Waals surface area contributed by atoms with E-state index in [9.17, 15) is 14.4 Å². The molecule has 1 aliphatic heterocycles. The molecule has 6 heteroatoms. The highest BCUT2D eigenvalue weighted by Crippen LogP contribution is 2.20. The van der Waals surface area contributed by atoms with Gasteiger partial charge in [-0.3, -0.25) is 20.2 Å². The van der Waals surface area contributed by atoms with E-state index in [2.05, 4.69) is 0 Å². The van der Waals surface area contributed by atoms with Crippen molar-refractivity contribution in [1.29, 1.82) is 0 Å². The Balaban J connectivity index is 2.36. The minimum absolute atomic E-state index is 0.454. The largest absolute Gasteiger partial charge is 0.399 e. The fourth-order valence-electron chi connectivity index (χ4n) is 1.56. The minimum Gasteiger partial charge on any atom is -0.399 e. The van der Waals surface area contributed by atoms with Gasteiger partial charge in [-0.2, -0.15) is 0 Å². The number of urea groups is 1. The molecule has 0 unspecified atom stereocenters. The fraction of sp³-hybridized carbons (Fsp3) is 0.100. The van der Waals surface area contributed by atoms with Gasteiger partial charge < -0.3 is 5.73 Å². The molecule has 1 aromatic rings. The highest BCUT2D eigenvalue weighted by molar-refractivity contribution is 6.19. The first-order chi connectivity index (χ1) is 7.58. The summed E-state index contributed by atoms with van der Waals surface area (Å²) in [5.74, 6) is -2.31. The molecule has 82 valence electrons. The van der Waals surface area contributed by atoms with Crippen LogP contribution in [-0.4, -0.2) is 17.8 Å². The number of amides is 4. The minimum atomic E-state index is -1.03. The maximum atomic E-state index is 11.5. The molecule has 0 spiro atoms. The third-order valence-corrected chi connectivity index (χ3v) is 2.24. The Labute approximate surface area is 90.8 Å². The number of nitrogens with two attached hydrogens (primary N) is 1. The van der Waals surface area contributed by atoms with Crippen molar-refractivity contribution in [2.45, 2.75) is 5.92 Å². The smallest absolute Gasteiger partial charge is 0.328 e. The molecule has 0 aromatic heterocycles. The lowest BCUT2D eigenvalue weighted by Gasteiger charge is -2.20.